The second kappa shape index (κ2) is 5.42. The van der Waals surface area contributed by atoms with Crippen molar-refractivity contribution in [1.82, 2.24) is 9.55 Å². The lowest BCUT2D eigenvalue weighted by Crippen LogP contribution is -2.37. The van der Waals surface area contributed by atoms with Crippen molar-refractivity contribution in [1.29, 1.82) is 0 Å². The minimum absolute atomic E-state index is 0.0336. The van der Waals surface area contributed by atoms with Gasteiger partial charge in [-0.05, 0) is 18.1 Å². The van der Waals surface area contributed by atoms with Crippen molar-refractivity contribution < 1.29 is 4.39 Å². The average molecular weight is 317 g/mol. The van der Waals surface area contributed by atoms with Crippen LogP contribution in [-0.2, 0) is 0 Å². The first-order chi connectivity index (χ1) is 9.34. The summed E-state index contributed by atoms with van der Waals surface area (Å²) in [6.07, 6.45) is 0. The highest BCUT2D eigenvalue weighted by Gasteiger charge is 2.19. The Bertz CT molecular complexity index is 781. The van der Waals surface area contributed by atoms with Gasteiger partial charge in [-0.3, -0.25) is 9.78 Å². The van der Waals surface area contributed by atoms with Crippen LogP contribution in [-0.4, -0.2) is 9.55 Å². The normalized spacial score (nSPS) is 11.1. The summed E-state index contributed by atoms with van der Waals surface area (Å²) in [6, 6.07) is 4.09. The molecule has 0 atom stereocenters. The van der Waals surface area contributed by atoms with Gasteiger partial charge >= 0.3 is 5.69 Å². The number of aromatic amines is 1. The molecule has 7 heteroatoms. The molecule has 0 aliphatic heterocycles. The van der Waals surface area contributed by atoms with Crippen LogP contribution < -0.4 is 11.2 Å². The maximum atomic E-state index is 14.0. The molecule has 4 nitrogen and oxygen atoms in total. The predicted octanol–water partition coefficient (Wildman–Crippen LogP) is 3.10. The zero-order valence-corrected chi connectivity index (χ0v) is 12.2. The van der Waals surface area contributed by atoms with E-state index >= 15 is 0 Å². The second-order valence-electron chi connectivity index (χ2n) is 4.53. The molecule has 20 heavy (non-hydrogen) atoms. The number of H-pyrrole nitrogens is 1. The van der Waals surface area contributed by atoms with E-state index in [0.29, 0.717) is 4.57 Å². The molecule has 1 heterocycles. The molecule has 0 aliphatic carbocycles. The molecule has 0 bridgehead atoms. The van der Waals surface area contributed by atoms with Crippen LogP contribution in [0.2, 0.25) is 10.2 Å². The molecule has 0 saturated heterocycles. The summed E-state index contributed by atoms with van der Waals surface area (Å²) in [5.74, 6) is -1.06. The van der Waals surface area contributed by atoms with Gasteiger partial charge in [-0.15, -0.1) is 0 Å². The van der Waals surface area contributed by atoms with E-state index < -0.39 is 17.1 Å². The average Bonchev–Trinajstić information content (AvgIpc) is 2.33. The quantitative estimate of drug-likeness (QED) is 0.865. The third-order valence-corrected chi connectivity index (χ3v) is 3.43. The van der Waals surface area contributed by atoms with Gasteiger partial charge in [0.25, 0.3) is 5.56 Å². The summed E-state index contributed by atoms with van der Waals surface area (Å²) in [6.45, 7) is 3.50. The highest BCUT2D eigenvalue weighted by molar-refractivity contribution is 6.31. The molecule has 0 amide bonds. The molecule has 0 saturated carbocycles. The van der Waals surface area contributed by atoms with Crippen LogP contribution in [0.1, 0.15) is 25.3 Å². The van der Waals surface area contributed by atoms with Gasteiger partial charge in [0.15, 0.2) is 5.82 Å². The van der Waals surface area contributed by atoms with Gasteiger partial charge in [-0.1, -0.05) is 43.1 Å². The van der Waals surface area contributed by atoms with Crippen molar-refractivity contribution in [2.24, 2.45) is 0 Å². The fourth-order valence-corrected chi connectivity index (χ4v) is 2.46. The van der Waals surface area contributed by atoms with Crippen molar-refractivity contribution in [3.63, 3.8) is 0 Å². The van der Waals surface area contributed by atoms with Gasteiger partial charge in [0.1, 0.15) is 5.15 Å². The van der Waals surface area contributed by atoms with E-state index in [1.54, 1.807) is 13.8 Å². The van der Waals surface area contributed by atoms with Crippen molar-refractivity contribution >= 4 is 23.2 Å². The first-order valence-corrected chi connectivity index (χ1v) is 6.59. The largest absolute Gasteiger partial charge is 0.334 e. The van der Waals surface area contributed by atoms with Crippen LogP contribution in [0, 0.1) is 5.82 Å². The zero-order valence-electron chi connectivity index (χ0n) is 10.7. The Labute approximate surface area is 123 Å². The minimum Gasteiger partial charge on any atom is -0.297 e. The topological polar surface area (TPSA) is 54.9 Å². The summed E-state index contributed by atoms with van der Waals surface area (Å²) >= 11 is 11.5. The maximum absolute atomic E-state index is 14.0. The molecular weight excluding hydrogens is 306 g/mol. The number of rotatable bonds is 2. The van der Waals surface area contributed by atoms with Crippen LogP contribution >= 0.6 is 23.2 Å². The van der Waals surface area contributed by atoms with Crippen molar-refractivity contribution in [3.05, 3.63) is 60.6 Å². The Morgan fingerprint density at radius 1 is 1.25 bits per heavy atom. The minimum atomic E-state index is -0.834. The fraction of sp³-hybridized carbons (Fsp3) is 0.231. The molecule has 1 N–H and O–H groups in total. The molecule has 0 fully saturated rings. The number of halogens is 3. The van der Waals surface area contributed by atoms with Gasteiger partial charge in [0, 0.05) is 0 Å². The van der Waals surface area contributed by atoms with Crippen molar-refractivity contribution in [2.75, 3.05) is 0 Å². The number of aromatic nitrogens is 2. The van der Waals surface area contributed by atoms with Crippen molar-refractivity contribution in [3.8, 4) is 5.69 Å². The van der Waals surface area contributed by atoms with E-state index in [-0.39, 0.29) is 27.3 Å². The van der Waals surface area contributed by atoms with Crippen LogP contribution in [0.25, 0.3) is 5.69 Å². The van der Waals surface area contributed by atoms with E-state index in [9.17, 15) is 14.0 Å². The molecule has 0 radical (unpaired) electrons. The maximum Gasteiger partial charge on any atom is 0.334 e. The monoisotopic (exact) mass is 316 g/mol. The van der Waals surface area contributed by atoms with Crippen molar-refractivity contribution in [2.45, 2.75) is 19.8 Å². The first kappa shape index (κ1) is 14.8. The lowest BCUT2D eigenvalue weighted by Gasteiger charge is -2.12. The third kappa shape index (κ3) is 2.39. The number of hydrogen-bond acceptors (Lipinski definition) is 2. The SMILES string of the molecule is CC(C)c1c(Cl)[nH]c(=O)n(-c2cccc(Cl)c2F)c1=O. The second-order valence-corrected chi connectivity index (χ2v) is 5.31. The standard InChI is InChI=1S/C13H11Cl2FN2O2/c1-6(2)9-11(15)17-13(20)18(12(9)19)8-5-3-4-7(14)10(8)16/h3-6H,1-2H3,(H,17,20). The van der Waals surface area contributed by atoms with E-state index in [0.717, 1.165) is 0 Å². The number of hydrogen-bond donors (Lipinski definition) is 1. The Kier molecular flexibility index (Phi) is 4.01. The van der Waals surface area contributed by atoms with E-state index in [2.05, 4.69) is 4.98 Å². The number of nitrogens with one attached hydrogen (secondary N) is 1. The number of benzene rings is 1. The Hall–Kier alpha value is -1.59. The highest BCUT2D eigenvalue weighted by atomic mass is 35.5. The lowest BCUT2D eigenvalue weighted by molar-refractivity contribution is 0.611. The summed E-state index contributed by atoms with van der Waals surface area (Å²) in [5, 5.41) is -0.205. The van der Waals surface area contributed by atoms with Gasteiger partial charge in [0.2, 0.25) is 0 Å². The summed E-state index contributed by atoms with van der Waals surface area (Å²) in [7, 11) is 0. The van der Waals surface area contributed by atoms with E-state index in [1.165, 1.54) is 18.2 Å². The van der Waals surface area contributed by atoms with Gasteiger partial charge in [-0.2, -0.15) is 0 Å². The molecule has 0 aliphatic rings. The Morgan fingerprint density at radius 3 is 2.50 bits per heavy atom. The molecule has 1 aromatic carbocycles. The summed E-state index contributed by atoms with van der Waals surface area (Å²) < 4.78 is 14.7. The van der Waals surface area contributed by atoms with Crippen LogP contribution in [0.4, 0.5) is 4.39 Å². The Balaban J connectivity index is 2.89. The smallest absolute Gasteiger partial charge is 0.297 e. The van der Waals surface area contributed by atoms with Crippen LogP contribution in [0.15, 0.2) is 27.8 Å². The summed E-state index contributed by atoms with van der Waals surface area (Å²) in [4.78, 5) is 26.6. The molecule has 2 aromatic rings. The molecular formula is C13H11Cl2FN2O2. The van der Waals surface area contributed by atoms with E-state index in [1.807, 2.05) is 0 Å². The third-order valence-electron chi connectivity index (χ3n) is 2.84. The molecule has 0 unspecified atom stereocenters. The van der Waals surface area contributed by atoms with Gasteiger partial charge in [-0.25, -0.2) is 13.8 Å². The molecule has 1 aromatic heterocycles. The molecule has 2 rings (SSSR count). The molecule has 106 valence electrons. The fourth-order valence-electron chi connectivity index (χ4n) is 1.91. The predicted molar refractivity (Wildman–Crippen MR) is 76.7 cm³/mol. The zero-order chi connectivity index (χ0) is 15.0. The van der Waals surface area contributed by atoms with Gasteiger partial charge in [0.05, 0.1) is 16.3 Å². The number of nitrogens with zero attached hydrogens (tertiary/aromatic N) is 1. The van der Waals surface area contributed by atoms with Crippen LogP contribution in [0.5, 0.6) is 0 Å². The first-order valence-electron chi connectivity index (χ1n) is 5.83. The summed E-state index contributed by atoms with van der Waals surface area (Å²) in [5.41, 5.74) is -1.46. The highest BCUT2D eigenvalue weighted by Crippen LogP contribution is 2.21. The Morgan fingerprint density at radius 2 is 1.90 bits per heavy atom. The molecule has 0 spiro atoms. The van der Waals surface area contributed by atoms with Gasteiger partial charge < -0.3 is 0 Å². The lowest BCUT2D eigenvalue weighted by atomic mass is 10.1. The van der Waals surface area contributed by atoms with Crippen LogP contribution in [0.3, 0.4) is 0 Å². The van der Waals surface area contributed by atoms with E-state index in [4.69, 9.17) is 23.2 Å².